The van der Waals surface area contributed by atoms with Gasteiger partial charge in [-0.15, -0.1) is 0 Å². The van der Waals surface area contributed by atoms with E-state index < -0.39 is 10.0 Å². The van der Waals surface area contributed by atoms with Gasteiger partial charge in [-0.1, -0.05) is 0 Å². The highest BCUT2D eigenvalue weighted by atomic mass is 32.2. The molecule has 2 aromatic carbocycles. The van der Waals surface area contributed by atoms with E-state index in [-0.39, 0.29) is 23.9 Å². The molecule has 0 spiro atoms. The summed E-state index contributed by atoms with van der Waals surface area (Å²) in [5.74, 6) is 0.493. The van der Waals surface area contributed by atoms with Gasteiger partial charge in [0.1, 0.15) is 28.8 Å². The van der Waals surface area contributed by atoms with Gasteiger partial charge in [-0.25, -0.2) is 17.5 Å². The fraction of sp³-hybridized carbons (Fsp3) is 0.368. The lowest BCUT2D eigenvalue weighted by Crippen LogP contribution is -2.29. The van der Waals surface area contributed by atoms with Crippen LogP contribution in [0.3, 0.4) is 0 Å². The predicted molar refractivity (Wildman–Crippen MR) is 96.7 cm³/mol. The molecule has 7 heteroatoms. The number of rotatable bonds is 7. The molecule has 0 radical (unpaired) electrons. The Morgan fingerprint density at radius 1 is 1.08 bits per heavy atom. The first kappa shape index (κ1) is 18.7. The third-order valence-electron chi connectivity index (χ3n) is 4.39. The number of aryl methyl sites for hydroxylation is 2. The molecule has 0 amide bonds. The lowest BCUT2D eigenvalue weighted by atomic mass is 9.92. The predicted octanol–water partition coefficient (Wildman–Crippen LogP) is 3.07. The minimum Gasteiger partial charge on any atom is -0.495 e. The SMILES string of the molecule is COc1cc2c(cc1S(=O)(=O)NCCOc1ccc(F)cc1)CCCC2. The van der Waals surface area contributed by atoms with Crippen LogP contribution in [0.5, 0.6) is 11.5 Å². The van der Waals surface area contributed by atoms with Crippen LogP contribution >= 0.6 is 0 Å². The van der Waals surface area contributed by atoms with E-state index in [4.69, 9.17) is 9.47 Å². The number of sulfonamides is 1. The third kappa shape index (κ3) is 4.34. The van der Waals surface area contributed by atoms with Gasteiger partial charge in [0.2, 0.25) is 10.0 Å². The van der Waals surface area contributed by atoms with Crippen LogP contribution in [0.4, 0.5) is 4.39 Å². The second-order valence-electron chi connectivity index (χ2n) is 6.18. The van der Waals surface area contributed by atoms with Gasteiger partial charge in [-0.05, 0) is 73.2 Å². The van der Waals surface area contributed by atoms with Crippen LogP contribution < -0.4 is 14.2 Å². The molecule has 0 saturated heterocycles. The molecule has 1 aliphatic rings. The molecular formula is C19H22FNO4S. The topological polar surface area (TPSA) is 64.6 Å². The van der Waals surface area contributed by atoms with Crippen molar-refractivity contribution >= 4 is 10.0 Å². The Balaban J connectivity index is 1.66. The van der Waals surface area contributed by atoms with Gasteiger partial charge in [0.15, 0.2) is 0 Å². The van der Waals surface area contributed by atoms with Crippen molar-refractivity contribution in [2.75, 3.05) is 20.3 Å². The lowest BCUT2D eigenvalue weighted by Gasteiger charge is -2.19. The highest BCUT2D eigenvalue weighted by molar-refractivity contribution is 7.89. The van der Waals surface area contributed by atoms with Crippen molar-refractivity contribution in [1.82, 2.24) is 4.72 Å². The van der Waals surface area contributed by atoms with Gasteiger partial charge in [0.25, 0.3) is 0 Å². The van der Waals surface area contributed by atoms with Gasteiger partial charge in [0.05, 0.1) is 7.11 Å². The highest BCUT2D eigenvalue weighted by Gasteiger charge is 2.22. The molecule has 0 saturated carbocycles. The van der Waals surface area contributed by atoms with Crippen LogP contribution in [0, 0.1) is 5.82 Å². The molecule has 1 aliphatic carbocycles. The largest absolute Gasteiger partial charge is 0.495 e. The molecule has 0 fully saturated rings. The molecule has 5 nitrogen and oxygen atoms in total. The summed E-state index contributed by atoms with van der Waals surface area (Å²) in [6, 6.07) is 9.12. The smallest absolute Gasteiger partial charge is 0.244 e. The summed E-state index contributed by atoms with van der Waals surface area (Å²) in [7, 11) is -2.24. The highest BCUT2D eigenvalue weighted by Crippen LogP contribution is 2.31. The Morgan fingerprint density at radius 3 is 2.38 bits per heavy atom. The van der Waals surface area contributed by atoms with Crippen LogP contribution in [0.25, 0.3) is 0 Å². The van der Waals surface area contributed by atoms with E-state index in [2.05, 4.69) is 4.72 Å². The van der Waals surface area contributed by atoms with Gasteiger partial charge in [-0.2, -0.15) is 0 Å². The van der Waals surface area contributed by atoms with E-state index in [1.165, 1.54) is 31.4 Å². The monoisotopic (exact) mass is 379 g/mol. The Labute approximate surface area is 153 Å². The first-order valence-electron chi connectivity index (χ1n) is 8.57. The number of benzene rings is 2. The summed E-state index contributed by atoms with van der Waals surface area (Å²) in [5.41, 5.74) is 2.23. The number of hydrogen-bond donors (Lipinski definition) is 1. The number of fused-ring (bicyclic) bond motifs is 1. The molecule has 26 heavy (non-hydrogen) atoms. The van der Waals surface area contributed by atoms with Crippen molar-refractivity contribution in [3.63, 3.8) is 0 Å². The zero-order chi connectivity index (χ0) is 18.6. The third-order valence-corrected chi connectivity index (χ3v) is 5.88. The van der Waals surface area contributed by atoms with E-state index in [0.29, 0.717) is 11.5 Å². The van der Waals surface area contributed by atoms with E-state index in [1.807, 2.05) is 6.07 Å². The first-order chi connectivity index (χ1) is 12.5. The molecule has 0 aliphatic heterocycles. The molecule has 2 aromatic rings. The second kappa shape index (κ2) is 8.05. The summed E-state index contributed by atoms with van der Waals surface area (Å²) < 4.78 is 51.4. The van der Waals surface area contributed by atoms with Gasteiger partial charge >= 0.3 is 0 Å². The zero-order valence-corrected chi connectivity index (χ0v) is 15.4. The normalized spacial score (nSPS) is 13.9. The Morgan fingerprint density at radius 2 is 1.73 bits per heavy atom. The van der Waals surface area contributed by atoms with Crippen molar-refractivity contribution < 1.29 is 22.3 Å². The number of nitrogens with one attached hydrogen (secondary N) is 1. The standard InChI is InChI=1S/C19H22FNO4S/c1-24-18-12-14-4-2-3-5-15(14)13-19(18)26(22,23)21-10-11-25-17-8-6-16(20)7-9-17/h6-9,12-13,21H,2-5,10-11H2,1H3. The van der Waals surface area contributed by atoms with Crippen molar-refractivity contribution in [1.29, 1.82) is 0 Å². The molecule has 0 atom stereocenters. The first-order valence-corrected chi connectivity index (χ1v) is 10.1. The summed E-state index contributed by atoms with van der Waals surface area (Å²) in [4.78, 5) is 0.155. The summed E-state index contributed by atoms with van der Waals surface area (Å²) in [6.45, 7) is 0.234. The molecule has 1 N–H and O–H groups in total. The quantitative estimate of drug-likeness (QED) is 0.751. The maximum atomic E-state index is 12.9. The minimum atomic E-state index is -3.71. The Kier molecular flexibility index (Phi) is 5.78. The van der Waals surface area contributed by atoms with E-state index in [9.17, 15) is 12.8 Å². The van der Waals surface area contributed by atoms with E-state index in [1.54, 1.807) is 6.07 Å². The number of halogens is 1. The van der Waals surface area contributed by atoms with Gasteiger partial charge in [0, 0.05) is 6.54 Å². The lowest BCUT2D eigenvalue weighted by molar-refractivity contribution is 0.322. The van der Waals surface area contributed by atoms with Gasteiger partial charge in [-0.3, -0.25) is 0 Å². The van der Waals surface area contributed by atoms with Crippen molar-refractivity contribution in [2.45, 2.75) is 30.6 Å². The van der Waals surface area contributed by atoms with Crippen LogP contribution in [0.2, 0.25) is 0 Å². The van der Waals surface area contributed by atoms with Crippen LogP contribution in [-0.2, 0) is 22.9 Å². The molecule has 0 bridgehead atoms. The second-order valence-corrected chi connectivity index (χ2v) is 7.91. The average molecular weight is 379 g/mol. The van der Waals surface area contributed by atoms with E-state index >= 15 is 0 Å². The number of methoxy groups -OCH3 is 1. The van der Waals surface area contributed by atoms with Crippen molar-refractivity contribution in [3.05, 3.63) is 53.3 Å². The molecule has 0 aromatic heterocycles. The van der Waals surface area contributed by atoms with Crippen molar-refractivity contribution in [2.24, 2.45) is 0 Å². The van der Waals surface area contributed by atoms with Crippen LogP contribution in [0.15, 0.2) is 41.3 Å². The molecule has 3 rings (SSSR count). The van der Waals surface area contributed by atoms with Gasteiger partial charge < -0.3 is 9.47 Å². The fourth-order valence-corrected chi connectivity index (χ4v) is 4.28. The minimum absolute atomic E-state index is 0.0972. The summed E-state index contributed by atoms with van der Waals surface area (Å²) >= 11 is 0. The Hall–Kier alpha value is -2.12. The maximum Gasteiger partial charge on any atom is 0.244 e. The average Bonchev–Trinajstić information content (AvgIpc) is 2.65. The molecule has 140 valence electrons. The summed E-state index contributed by atoms with van der Waals surface area (Å²) in [6.07, 6.45) is 4.01. The Bertz CT molecular complexity index is 866. The van der Waals surface area contributed by atoms with E-state index in [0.717, 1.165) is 36.8 Å². The van der Waals surface area contributed by atoms with Crippen molar-refractivity contribution in [3.8, 4) is 11.5 Å². The number of hydrogen-bond acceptors (Lipinski definition) is 4. The molecule has 0 heterocycles. The molecule has 0 unspecified atom stereocenters. The maximum absolute atomic E-state index is 12.9. The number of ether oxygens (including phenoxy) is 2. The zero-order valence-electron chi connectivity index (χ0n) is 14.6. The van der Waals surface area contributed by atoms with Crippen LogP contribution in [-0.4, -0.2) is 28.7 Å². The fourth-order valence-electron chi connectivity index (χ4n) is 3.06. The van der Waals surface area contributed by atoms with Crippen LogP contribution in [0.1, 0.15) is 24.0 Å². The molecular weight excluding hydrogens is 357 g/mol. The summed E-state index contributed by atoms with van der Waals surface area (Å²) in [5, 5.41) is 0.